The maximum atomic E-state index is 4.65. The molecule has 2 aliphatic rings. The molecule has 0 saturated heterocycles. The van der Waals surface area contributed by atoms with Crippen LogP contribution in [0.1, 0.15) is 85.0 Å². The second-order valence-corrected chi connectivity index (χ2v) is 14.6. The number of nitrogens with zero attached hydrogens (tertiary/aromatic N) is 8. The monoisotopic (exact) mass is 678 g/mol. The quantitative estimate of drug-likeness (QED) is 0.181. The van der Waals surface area contributed by atoms with Gasteiger partial charge in [0, 0.05) is 64.8 Å². The summed E-state index contributed by atoms with van der Waals surface area (Å²) in [5.41, 5.74) is 14.1. The van der Waals surface area contributed by atoms with Crippen LogP contribution < -0.4 is 9.80 Å². The van der Waals surface area contributed by atoms with Gasteiger partial charge in [-0.2, -0.15) is 0 Å². The van der Waals surface area contributed by atoms with Gasteiger partial charge in [0.2, 0.25) is 0 Å². The molecule has 8 rings (SSSR count). The minimum absolute atomic E-state index is 0.253. The standard InChI is InChI=1S/C22H26N4.C21H24N4/c1-5-16(4)26-22-18-11-7-6-10-17(18)14-25(15(2)3)20-13-9-8-12-19(20)21(22)23-24-26;1-14(2)24-13-16-9-5-6-10-17(16)20-21(25(15(3)4)23-22-20)18-11-7-8-12-19(18)24/h6-13,15-16H,5,14H2,1-4H3;5-12,14-15H,13H2,1-4H3. The van der Waals surface area contributed by atoms with Gasteiger partial charge in [-0.25, -0.2) is 9.36 Å². The molecule has 0 fully saturated rings. The van der Waals surface area contributed by atoms with E-state index in [-0.39, 0.29) is 6.04 Å². The van der Waals surface area contributed by atoms with E-state index < -0.39 is 0 Å². The lowest BCUT2D eigenvalue weighted by Crippen LogP contribution is -2.31. The maximum Gasteiger partial charge on any atom is 0.123 e. The van der Waals surface area contributed by atoms with Gasteiger partial charge in [0.15, 0.2) is 0 Å². The lowest BCUT2D eigenvalue weighted by Gasteiger charge is -2.33. The predicted octanol–water partition coefficient (Wildman–Crippen LogP) is 10.2. The third-order valence-electron chi connectivity index (χ3n) is 10.3. The first-order valence-corrected chi connectivity index (χ1v) is 18.5. The van der Waals surface area contributed by atoms with Crippen LogP contribution in [0.4, 0.5) is 11.4 Å². The Morgan fingerprint density at radius 1 is 0.490 bits per heavy atom. The van der Waals surface area contributed by atoms with E-state index in [9.17, 15) is 0 Å². The molecule has 1 unspecified atom stereocenters. The Kier molecular flexibility index (Phi) is 9.51. The molecule has 51 heavy (non-hydrogen) atoms. The molecule has 0 saturated carbocycles. The molecule has 0 bridgehead atoms. The fourth-order valence-electron chi connectivity index (χ4n) is 7.38. The summed E-state index contributed by atoms with van der Waals surface area (Å²) in [6, 6.07) is 35.8. The Morgan fingerprint density at radius 2 is 0.922 bits per heavy atom. The van der Waals surface area contributed by atoms with Crippen LogP contribution in [0.25, 0.3) is 45.0 Å². The molecule has 0 amide bonds. The van der Waals surface area contributed by atoms with Crippen molar-refractivity contribution >= 4 is 11.4 Å². The van der Waals surface area contributed by atoms with Crippen LogP contribution in [-0.2, 0) is 13.1 Å². The minimum Gasteiger partial charge on any atom is -0.364 e. The molecular formula is C43H50N8. The van der Waals surface area contributed by atoms with Crippen LogP contribution in [-0.4, -0.2) is 42.1 Å². The molecule has 0 radical (unpaired) electrons. The average molecular weight is 679 g/mol. The summed E-state index contributed by atoms with van der Waals surface area (Å²) in [5, 5.41) is 18.3. The predicted molar refractivity (Wildman–Crippen MR) is 210 cm³/mol. The van der Waals surface area contributed by atoms with Crippen LogP contribution >= 0.6 is 0 Å². The highest BCUT2D eigenvalue weighted by Crippen LogP contribution is 2.44. The average Bonchev–Trinajstić information content (AvgIpc) is 3.77. The van der Waals surface area contributed by atoms with Gasteiger partial charge in [-0.1, -0.05) is 102 Å². The highest BCUT2D eigenvalue weighted by atomic mass is 15.5. The number of hydrogen-bond donors (Lipinski definition) is 0. The first-order chi connectivity index (χ1) is 24.7. The van der Waals surface area contributed by atoms with Gasteiger partial charge in [0.05, 0.1) is 17.4 Å². The SMILES string of the molecule is CC(C)N1Cc2ccccc2-c2nnn(C(C)C)c2-c2ccccc21.CCC(C)n1nnc2c1-c1ccccc1CN(C(C)C)c1ccccc1-2. The van der Waals surface area contributed by atoms with E-state index in [4.69, 9.17) is 0 Å². The zero-order chi connectivity index (χ0) is 35.8. The van der Waals surface area contributed by atoms with Crippen molar-refractivity contribution < 1.29 is 0 Å². The van der Waals surface area contributed by atoms with E-state index in [0.29, 0.717) is 18.1 Å². The zero-order valence-electron chi connectivity index (χ0n) is 31.2. The van der Waals surface area contributed by atoms with Crippen molar-refractivity contribution in [2.45, 2.75) is 99.1 Å². The van der Waals surface area contributed by atoms with Gasteiger partial charge in [-0.15, -0.1) is 10.2 Å². The molecule has 2 aromatic heterocycles. The molecule has 262 valence electrons. The number of benzene rings is 4. The lowest BCUT2D eigenvalue weighted by atomic mass is 9.94. The number of para-hydroxylation sites is 2. The largest absolute Gasteiger partial charge is 0.364 e. The topological polar surface area (TPSA) is 67.9 Å². The molecule has 4 aromatic carbocycles. The van der Waals surface area contributed by atoms with Gasteiger partial charge in [-0.05, 0) is 78.1 Å². The Balaban J connectivity index is 0.000000159. The van der Waals surface area contributed by atoms with Crippen molar-refractivity contribution in [3.63, 3.8) is 0 Å². The van der Waals surface area contributed by atoms with Crippen molar-refractivity contribution in [2.24, 2.45) is 0 Å². The fourth-order valence-corrected chi connectivity index (χ4v) is 7.38. The molecule has 1 atom stereocenters. The molecule has 8 nitrogen and oxygen atoms in total. The first-order valence-electron chi connectivity index (χ1n) is 18.5. The van der Waals surface area contributed by atoms with E-state index in [0.717, 1.165) is 42.3 Å². The zero-order valence-corrected chi connectivity index (χ0v) is 31.2. The van der Waals surface area contributed by atoms with Crippen LogP contribution in [0.3, 0.4) is 0 Å². The van der Waals surface area contributed by atoms with E-state index >= 15 is 0 Å². The maximum absolute atomic E-state index is 4.65. The van der Waals surface area contributed by atoms with Crippen LogP contribution in [0.5, 0.6) is 0 Å². The highest BCUT2D eigenvalue weighted by molar-refractivity contribution is 5.89. The van der Waals surface area contributed by atoms with Crippen molar-refractivity contribution in [1.82, 2.24) is 30.0 Å². The Bertz CT molecular complexity index is 2140. The summed E-state index contributed by atoms with van der Waals surface area (Å²) in [6.07, 6.45) is 1.03. The summed E-state index contributed by atoms with van der Waals surface area (Å²) in [7, 11) is 0. The normalized spacial score (nSPS) is 13.8. The van der Waals surface area contributed by atoms with Crippen molar-refractivity contribution in [3.8, 4) is 45.0 Å². The van der Waals surface area contributed by atoms with E-state index in [1.165, 1.54) is 44.8 Å². The third-order valence-corrected chi connectivity index (χ3v) is 10.3. The lowest BCUT2D eigenvalue weighted by molar-refractivity contribution is 0.468. The van der Waals surface area contributed by atoms with Gasteiger partial charge in [0.1, 0.15) is 11.4 Å². The third kappa shape index (κ3) is 6.21. The van der Waals surface area contributed by atoms with Gasteiger partial charge >= 0.3 is 0 Å². The van der Waals surface area contributed by atoms with E-state index in [1.54, 1.807) is 0 Å². The summed E-state index contributed by atoms with van der Waals surface area (Å²) < 4.78 is 4.16. The summed E-state index contributed by atoms with van der Waals surface area (Å²) >= 11 is 0. The van der Waals surface area contributed by atoms with E-state index in [1.807, 2.05) is 0 Å². The van der Waals surface area contributed by atoms with Crippen molar-refractivity contribution in [2.75, 3.05) is 9.80 Å². The van der Waals surface area contributed by atoms with E-state index in [2.05, 4.69) is 192 Å². The number of hydrogen-bond acceptors (Lipinski definition) is 6. The summed E-state index contributed by atoms with van der Waals surface area (Å²) in [6.45, 7) is 19.5. The summed E-state index contributed by atoms with van der Waals surface area (Å²) in [4.78, 5) is 4.92. The molecule has 0 aliphatic carbocycles. The van der Waals surface area contributed by atoms with Gasteiger partial charge in [-0.3, -0.25) is 0 Å². The smallest absolute Gasteiger partial charge is 0.123 e. The molecular weight excluding hydrogens is 629 g/mol. The molecule has 0 spiro atoms. The number of rotatable bonds is 5. The molecule has 4 heterocycles. The van der Waals surface area contributed by atoms with Crippen molar-refractivity contribution in [1.29, 1.82) is 0 Å². The molecule has 6 aromatic rings. The van der Waals surface area contributed by atoms with Crippen LogP contribution in [0.15, 0.2) is 97.1 Å². The minimum atomic E-state index is 0.253. The van der Waals surface area contributed by atoms with Crippen LogP contribution in [0, 0.1) is 0 Å². The highest BCUT2D eigenvalue weighted by Gasteiger charge is 2.29. The number of aromatic nitrogens is 6. The van der Waals surface area contributed by atoms with Crippen molar-refractivity contribution in [3.05, 3.63) is 108 Å². The number of fused-ring (bicyclic) bond motifs is 10. The Hall–Kier alpha value is -5.24. The first kappa shape index (κ1) is 34.2. The second kappa shape index (κ2) is 14.2. The fraction of sp³-hybridized carbons (Fsp3) is 0.349. The van der Waals surface area contributed by atoms with Gasteiger partial charge < -0.3 is 9.80 Å². The Morgan fingerprint density at radius 3 is 1.49 bits per heavy atom. The summed E-state index contributed by atoms with van der Waals surface area (Å²) in [5.74, 6) is 0. The Labute approximate surface area is 302 Å². The molecule has 0 N–H and O–H groups in total. The van der Waals surface area contributed by atoms with Gasteiger partial charge in [0.25, 0.3) is 0 Å². The molecule has 2 aliphatic heterocycles. The number of anilines is 2. The second-order valence-electron chi connectivity index (χ2n) is 14.6. The molecule has 8 heteroatoms. The van der Waals surface area contributed by atoms with Crippen LogP contribution in [0.2, 0.25) is 0 Å².